The van der Waals surface area contributed by atoms with E-state index in [1.807, 2.05) is 24.3 Å². The first-order valence-corrected chi connectivity index (χ1v) is 9.95. The molecule has 1 aromatic heterocycles. The van der Waals surface area contributed by atoms with E-state index in [4.69, 9.17) is 14.7 Å². The lowest BCUT2D eigenvalue weighted by Gasteiger charge is -2.23. The van der Waals surface area contributed by atoms with E-state index in [0.717, 1.165) is 29.7 Å². The normalized spacial score (nSPS) is 16.0. The molecule has 1 amide bonds. The predicted octanol–water partition coefficient (Wildman–Crippen LogP) is 3.76. The van der Waals surface area contributed by atoms with E-state index in [9.17, 15) is 4.79 Å². The molecule has 3 aromatic rings. The summed E-state index contributed by atoms with van der Waals surface area (Å²) in [6, 6.07) is 16.6. The van der Waals surface area contributed by atoms with Crippen LogP contribution in [0.1, 0.15) is 18.4 Å². The Balaban J connectivity index is 1.51. The zero-order valence-corrected chi connectivity index (χ0v) is 16.0. The van der Waals surface area contributed by atoms with Gasteiger partial charge in [-0.3, -0.25) is 9.69 Å². The molecule has 1 aliphatic rings. The van der Waals surface area contributed by atoms with Gasteiger partial charge in [0.05, 0.1) is 34.5 Å². The van der Waals surface area contributed by atoms with Crippen molar-refractivity contribution in [2.24, 2.45) is 0 Å². The van der Waals surface area contributed by atoms with Gasteiger partial charge in [-0.05, 0) is 49.2 Å². The molecule has 1 atom stereocenters. The first kappa shape index (κ1) is 18.4. The quantitative estimate of drug-likeness (QED) is 0.637. The molecule has 28 heavy (non-hydrogen) atoms. The van der Waals surface area contributed by atoms with E-state index in [1.165, 1.54) is 11.3 Å². The van der Waals surface area contributed by atoms with Crippen LogP contribution in [0.15, 0.2) is 48.5 Å². The minimum atomic E-state index is -0.168. The van der Waals surface area contributed by atoms with E-state index in [0.29, 0.717) is 23.0 Å². The minimum Gasteiger partial charge on any atom is -0.484 e. The number of para-hydroxylation sites is 1. The van der Waals surface area contributed by atoms with Gasteiger partial charge in [0.25, 0.3) is 5.91 Å². The summed E-state index contributed by atoms with van der Waals surface area (Å²) in [6.07, 6.45) is 1.96. The van der Waals surface area contributed by atoms with Crippen LogP contribution in [-0.2, 0) is 9.53 Å². The van der Waals surface area contributed by atoms with E-state index >= 15 is 0 Å². The Morgan fingerprint density at radius 3 is 2.82 bits per heavy atom. The molecule has 4 rings (SSSR count). The number of aromatic nitrogens is 1. The smallest absolute Gasteiger partial charge is 0.266 e. The first-order valence-electron chi connectivity index (χ1n) is 9.13. The van der Waals surface area contributed by atoms with E-state index < -0.39 is 0 Å². The Kier molecular flexibility index (Phi) is 5.51. The van der Waals surface area contributed by atoms with Crippen LogP contribution in [0.4, 0.5) is 5.13 Å². The van der Waals surface area contributed by atoms with Crippen molar-refractivity contribution in [3.63, 3.8) is 0 Å². The van der Waals surface area contributed by atoms with Crippen LogP contribution in [0.3, 0.4) is 0 Å². The second-order valence-corrected chi connectivity index (χ2v) is 7.54. The van der Waals surface area contributed by atoms with E-state index in [-0.39, 0.29) is 18.6 Å². The lowest BCUT2D eigenvalue weighted by Crippen LogP contribution is -2.40. The van der Waals surface area contributed by atoms with E-state index in [1.54, 1.807) is 29.2 Å². The van der Waals surface area contributed by atoms with Crippen LogP contribution >= 0.6 is 11.3 Å². The summed E-state index contributed by atoms with van der Waals surface area (Å²) in [7, 11) is 0. The van der Waals surface area contributed by atoms with Crippen molar-refractivity contribution >= 4 is 32.6 Å². The summed E-state index contributed by atoms with van der Waals surface area (Å²) < 4.78 is 12.4. The molecule has 6 nitrogen and oxygen atoms in total. The number of carbonyl (C=O) groups excluding carboxylic acids is 1. The Morgan fingerprint density at radius 1 is 1.29 bits per heavy atom. The van der Waals surface area contributed by atoms with Crippen molar-refractivity contribution in [2.75, 3.05) is 24.7 Å². The van der Waals surface area contributed by atoms with Gasteiger partial charge in [-0.1, -0.05) is 23.5 Å². The molecule has 0 bridgehead atoms. The summed E-state index contributed by atoms with van der Waals surface area (Å²) in [4.78, 5) is 19.3. The number of carbonyl (C=O) groups is 1. The highest BCUT2D eigenvalue weighted by Crippen LogP contribution is 2.30. The molecule has 0 N–H and O–H groups in total. The van der Waals surface area contributed by atoms with E-state index in [2.05, 4.69) is 11.1 Å². The SMILES string of the molecule is N#Cc1ccc(OCC(=O)N(C[C@@H]2CCCO2)c2nc3ccccc3s2)cc1. The summed E-state index contributed by atoms with van der Waals surface area (Å²) in [5.41, 5.74) is 1.42. The molecule has 0 aliphatic carbocycles. The molecular formula is C21H19N3O3S. The molecule has 1 saturated heterocycles. The second-order valence-electron chi connectivity index (χ2n) is 6.53. The van der Waals surface area contributed by atoms with Crippen molar-refractivity contribution in [3.05, 3.63) is 54.1 Å². The maximum Gasteiger partial charge on any atom is 0.266 e. The highest BCUT2D eigenvalue weighted by Gasteiger charge is 2.26. The lowest BCUT2D eigenvalue weighted by molar-refractivity contribution is -0.120. The molecule has 2 heterocycles. The third-order valence-corrected chi connectivity index (χ3v) is 5.63. The Bertz CT molecular complexity index is 971. The third kappa shape index (κ3) is 4.14. The number of thiazole rings is 1. The number of ether oxygens (including phenoxy) is 2. The third-order valence-electron chi connectivity index (χ3n) is 4.57. The number of benzene rings is 2. The number of rotatable bonds is 6. The predicted molar refractivity (Wildman–Crippen MR) is 108 cm³/mol. The average Bonchev–Trinajstić information content (AvgIpc) is 3.40. The van der Waals surface area contributed by atoms with Gasteiger partial charge in [-0.25, -0.2) is 4.98 Å². The monoisotopic (exact) mass is 393 g/mol. The van der Waals surface area contributed by atoms with Crippen molar-refractivity contribution in [3.8, 4) is 11.8 Å². The molecule has 142 valence electrons. The first-order chi connectivity index (χ1) is 13.7. The topological polar surface area (TPSA) is 75.5 Å². The van der Waals surface area contributed by atoms with Crippen LogP contribution < -0.4 is 9.64 Å². The Labute approximate surface area is 166 Å². The van der Waals surface area contributed by atoms with Crippen molar-refractivity contribution in [1.82, 2.24) is 4.98 Å². The van der Waals surface area contributed by atoms with Gasteiger partial charge in [0.1, 0.15) is 5.75 Å². The molecule has 0 saturated carbocycles. The maximum absolute atomic E-state index is 13.0. The van der Waals surface area contributed by atoms with Crippen LogP contribution in [0.2, 0.25) is 0 Å². The summed E-state index contributed by atoms with van der Waals surface area (Å²) in [5.74, 6) is 0.382. The van der Waals surface area contributed by atoms with Crippen molar-refractivity contribution < 1.29 is 14.3 Å². The van der Waals surface area contributed by atoms with Gasteiger partial charge in [0, 0.05) is 6.61 Å². The fourth-order valence-corrected chi connectivity index (χ4v) is 4.09. The summed E-state index contributed by atoms with van der Waals surface area (Å²) in [5, 5.41) is 9.53. The zero-order chi connectivity index (χ0) is 19.3. The zero-order valence-electron chi connectivity index (χ0n) is 15.2. The standard InChI is InChI=1S/C21H19N3O3S/c22-12-15-7-9-16(10-8-15)27-14-20(25)24(13-17-4-3-11-26-17)21-23-18-5-1-2-6-19(18)28-21/h1-2,5-10,17H,3-4,11,13-14H2/t17-/m0/s1. The van der Waals surface area contributed by atoms with Crippen LogP contribution in [-0.4, -0.2) is 36.8 Å². The number of amides is 1. The fraction of sp³-hybridized carbons (Fsp3) is 0.286. The van der Waals surface area contributed by atoms with Gasteiger partial charge in [-0.2, -0.15) is 5.26 Å². The summed E-state index contributed by atoms with van der Waals surface area (Å²) in [6.45, 7) is 1.10. The number of anilines is 1. The molecule has 7 heteroatoms. The molecule has 0 unspecified atom stereocenters. The highest BCUT2D eigenvalue weighted by atomic mass is 32.1. The molecular weight excluding hydrogens is 374 g/mol. The highest BCUT2D eigenvalue weighted by molar-refractivity contribution is 7.22. The van der Waals surface area contributed by atoms with Gasteiger partial charge >= 0.3 is 0 Å². The molecule has 0 radical (unpaired) electrons. The molecule has 1 fully saturated rings. The number of nitriles is 1. The van der Waals surface area contributed by atoms with Crippen LogP contribution in [0, 0.1) is 11.3 Å². The van der Waals surface area contributed by atoms with Gasteiger partial charge in [0.2, 0.25) is 0 Å². The van der Waals surface area contributed by atoms with Crippen LogP contribution in [0.5, 0.6) is 5.75 Å². The van der Waals surface area contributed by atoms with Crippen molar-refractivity contribution in [2.45, 2.75) is 18.9 Å². The Morgan fingerprint density at radius 2 is 2.11 bits per heavy atom. The molecule has 0 spiro atoms. The van der Waals surface area contributed by atoms with Crippen molar-refractivity contribution in [1.29, 1.82) is 5.26 Å². The minimum absolute atomic E-state index is 0.0193. The van der Waals surface area contributed by atoms with Gasteiger partial charge < -0.3 is 9.47 Å². The average molecular weight is 393 g/mol. The maximum atomic E-state index is 13.0. The number of nitrogens with zero attached hydrogens (tertiary/aromatic N) is 3. The summed E-state index contributed by atoms with van der Waals surface area (Å²) >= 11 is 1.49. The van der Waals surface area contributed by atoms with Crippen LogP contribution in [0.25, 0.3) is 10.2 Å². The second kappa shape index (κ2) is 8.38. The molecule has 2 aromatic carbocycles. The van der Waals surface area contributed by atoms with Gasteiger partial charge in [-0.15, -0.1) is 0 Å². The number of hydrogen-bond acceptors (Lipinski definition) is 6. The molecule has 1 aliphatic heterocycles. The van der Waals surface area contributed by atoms with Gasteiger partial charge in [0.15, 0.2) is 11.7 Å². The fourth-order valence-electron chi connectivity index (χ4n) is 3.10. The number of hydrogen-bond donors (Lipinski definition) is 0. The lowest BCUT2D eigenvalue weighted by atomic mass is 10.2. The largest absolute Gasteiger partial charge is 0.484 e. The number of fused-ring (bicyclic) bond motifs is 1. The Hall–Kier alpha value is -2.95.